The van der Waals surface area contributed by atoms with E-state index in [1.165, 1.54) is 44.2 Å². The van der Waals surface area contributed by atoms with Crippen LogP contribution in [0.15, 0.2) is 24.4 Å². The minimum atomic E-state index is 0.771. The zero-order valence-corrected chi connectivity index (χ0v) is 11.1. The molecule has 0 amide bonds. The molecule has 0 aliphatic heterocycles. The van der Waals surface area contributed by atoms with Gasteiger partial charge in [0.05, 0.1) is 0 Å². The highest BCUT2D eigenvalue weighted by atomic mass is 14.9. The Kier molecular flexibility index (Phi) is 3.94. The summed E-state index contributed by atoms with van der Waals surface area (Å²) in [6.07, 6.45) is 11.7. The monoisotopic (exact) mass is 244 g/mol. The fourth-order valence-electron chi connectivity index (χ4n) is 3.36. The highest BCUT2D eigenvalue weighted by molar-refractivity contribution is 5.03. The lowest BCUT2D eigenvalue weighted by Gasteiger charge is -2.30. The van der Waals surface area contributed by atoms with Crippen LogP contribution in [0.4, 0.5) is 0 Å². The van der Waals surface area contributed by atoms with E-state index in [1.54, 1.807) is 0 Å². The van der Waals surface area contributed by atoms with Gasteiger partial charge in [0.2, 0.25) is 0 Å². The third-order valence-electron chi connectivity index (χ3n) is 4.54. The van der Waals surface area contributed by atoms with Crippen molar-refractivity contribution < 1.29 is 0 Å². The van der Waals surface area contributed by atoms with Crippen LogP contribution < -0.4 is 5.32 Å². The third kappa shape index (κ3) is 3.32. The van der Waals surface area contributed by atoms with Gasteiger partial charge in [-0.3, -0.25) is 4.98 Å². The quantitative estimate of drug-likeness (QED) is 0.860. The summed E-state index contributed by atoms with van der Waals surface area (Å²) in [5.74, 6) is 2.12. The topological polar surface area (TPSA) is 24.9 Å². The molecule has 2 heteroatoms. The first-order chi connectivity index (χ1) is 8.92. The molecule has 98 valence electrons. The molecule has 1 heterocycles. The smallest absolute Gasteiger partial charge is 0.0416 e. The molecule has 18 heavy (non-hydrogen) atoms. The lowest BCUT2D eigenvalue weighted by Crippen LogP contribution is -2.35. The van der Waals surface area contributed by atoms with Crippen molar-refractivity contribution in [1.29, 1.82) is 0 Å². The van der Waals surface area contributed by atoms with Gasteiger partial charge in [0, 0.05) is 30.9 Å². The standard InChI is InChI=1S/C16H24N2/c1-2-10-17-15(5-1)9-11-18-16-6-3-4-14(12-16)13-7-8-13/h1-2,5,10,13-14,16,18H,3-4,6-9,11-12H2. The Morgan fingerprint density at radius 3 is 2.83 bits per heavy atom. The van der Waals surface area contributed by atoms with E-state index in [1.807, 2.05) is 12.3 Å². The lowest BCUT2D eigenvalue weighted by molar-refractivity contribution is 0.262. The van der Waals surface area contributed by atoms with E-state index in [9.17, 15) is 0 Å². The molecule has 2 saturated carbocycles. The molecule has 0 bridgehead atoms. The Morgan fingerprint density at radius 1 is 1.11 bits per heavy atom. The molecular weight excluding hydrogens is 220 g/mol. The average molecular weight is 244 g/mol. The molecule has 2 unspecified atom stereocenters. The highest BCUT2D eigenvalue weighted by Crippen LogP contribution is 2.43. The maximum Gasteiger partial charge on any atom is 0.0416 e. The van der Waals surface area contributed by atoms with Crippen molar-refractivity contribution in [2.75, 3.05) is 6.54 Å². The molecule has 1 aromatic rings. The van der Waals surface area contributed by atoms with Crippen molar-refractivity contribution in [2.45, 2.75) is 51.0 Å². The molecule has 0 spiro atoms. The van der Waals surface area contributed by atoms with E-state index in [-0.39, 0.29) is 0 Å². The Hall–Kier alpha value is -0.890. The largest absolute Gasteiger partial charge is 0.314 e. The van der Waals surface area contributed by atoms with Gasteiger partial charge in [-0.1, -0.05) is 18.9 Å². The fraction of sp³-hybridized carbons (Fsp3) is 0.688. The molecule has 0 radical (unpaired) electrons. The van der Waals surface area contributed by atoms with Crippen LogP contribution in [-0.4, -0.2) is 17.6 Å². The maximum absolute atomic E-state index is 4.37. The zero-order valence-electron chi connectivity index (χ0n) is 11.1. The van der Waals surface area contributed by atoms with Gasteiger partial charge < -0.3 is 5.32 Å². The van der Waals surface area contributed by atoms with E-state index in [0.717, 1.165) is 30.8 Å². The summed E-state index contributed by atoms with van der Waals surface area (Å²) < 4.78 is 0. The number of aromatic nitrogens is 1. The predicted octanol–water partition coefficient (Wildman–Crippen LogP) is 3.18. The molecule has 2 aliphatic carbocycles. The number of hydrogen-bond donors (Lipinski definition) is 1. The van der Waals surface area contributed by atoms with E-state index in [4.69, 9.17) is 0 Å². The molecular formula is C16H24N2. The van der Waals surface area contributed by atoms with E-state index in [2.05, 4.69) is 22.4 Å². The maximum atomic E-state index is 4.37. The summed E-state index contributed by atoms with van der Waals surface area (Å²) in [5.41, 5.74) is 1.21. The predicted molar refractivity (Wildman–Crippen MR) is 74.4 cm³/mol. The highest BCUT2D eigenvalue weighted by Gasteiger charge is 2.34. The number of nitrogens with zero attached hydrogens (tertiary/aromatic N) is 1. The van der Waals surface area contributed by atoms with Crippen LogP contribution in [-0.2, 0) is 6.42 Å². The molecule has 2 nitrogen and oxygen atoms in total. The summed E-state index contributed by atoms with van der Waals surface area (Å²) >= 11 is 0. The van der Waals surface area contributed by atoms with Crippen molar-refractivity contribution >= 4 is 0 Å². The van der Waals surface area contributed by atoms with Crippen LogP contribution in [0.2, 0.25) is 0 Å². The van der Waals surface area contributed by atoms with Crippen molar-refractivity contribution in [3.8, 4) is 0 Å². The molecule has 1 N–H and O–H groups in total. The minimum Gasteiger partial charge on any atom is -0.314 e. The van der Waals surface area contributed by atoms with Crippen LogP contribution in [0.5, 0.6) is 0 Å². The number of pyridine rings is 1. The van der Waals surface area contributed by atoms with Crippen LogP contribution in [0.3, 0.4) is 0 Å². The third-order valence-corrected chi connectivity index (χ3v) is 4.54. The van der Waals surface area contributed by atoms with Crippen molar-refractivity contribution in [3.05, 3.63) is 30.1 Å². The number of rotatable bonds is 5. The Labute approximate surface area is 110 Å². The van der Waals surface area contributed by atoms with Crippen molar-refractivity contribution in [3.63, 3.8) is 0 Å². The minimum absolute atomic E-state index is 0.771. The molecule has 2 atom stereocenters. The molecule has 0 saturated heterocycles. The van der Waals surface area contributed by atoms with E-state index in [0.29, 0.717) is 0 Å². The summed E-state index contributed by atoms with van der Waals surface area (Å²) in [6.45, 7) is 1.08. The second kappa shape index (κ2) is 5.83. The Morgan fingerprint density at radius 2 is 2.06 bits per heavy atom. The molecule has 2 aliphatic rings. The van der Waals surface area contributed by atoms with Crippen LogP contribution in [0.25, 0.3) is 0 Å². The Balaban J connectivity index is 1.40. The summed E-state index contributed by atoms with van der Waals surface area (Å²) in [5, 5.41) is 3.74. The SMILES string of the molecule is c1ccc(CCNC2CCCC(C3CC3)C2)nc1. The average Bonchev–Trinajstić information content (AvgIpc) is 3.25. The van der Waals surface area contributed by atoms with Crippen LogP contribution in [0.1, 0.15) is 44.2 Å². The van der Waals surface area contributed by atoms with Gasteiger partial charge in [-0.2, -0.15) is 0 Å². The molecule has 1 aromatic heterocycles. The first-order valence-electron chi connectivity index (χ1n) is 7.55. The van der Waals surface area contributed by atoms with Gasteiger partial charge in [-0.25, -0.2) is 0 Å². The Bertz CT molecular complexity index is 359. The fourth-order valence-corrected chi connectivity index (χ4v) is 3.36. The second-order valence-electron chi connectivity index (χ2n) is 5.99. The number of nitrogens with one attached hydrogen (secondary N) is 1. The van der Waals surface area contributed by atoms with Gasteiger partial charge in [0.1, 0.15) is 0 Å². The first-order valence-corrected chi connectivity index (χ1v) is 7.55. The summed E-state index contributed by atoms with van der Waals surface area (Å²) in [4.78, 5) is 4.37. The number of hydrogen-bond acceptors (Lipinski definition) is 2. The summed E-state index contributed by atoms with van der Waals surface area (Å²) in [6, 6.07) is 6.95. The normalized spacial score (nSPS) is 28.2. The molecule has 3 rings (SSSR count). The van der Waals surface area contributed by atoms with E-state index >= 15 is 0 Å². The van der Waals surface area contributed by atoms with Crippen molar-refractivity contribution in [2.24, 2.45) is 11.8 Å². The second-order valence-corrected chi connectivity index (χ2v) is 5.99. The van der Waals surface area contributed by atoms with Gasteiger partial charge >= 0.3 is 0 Å². The van der Waals surface area contributed by atoms with Gasteiger partial charge in [-0.05, 0) is 49.7 Å². The van der Waals surface area contributed by atoms with Gasteiger partial charge in [0.15, 0.2) is 0 Å². The van der Waals surface area contributed by atoms with Crippen molar-refractivity contribution in [1.82, 2.24) is 10.3 Å². The van der Waals surface area contributed by atoms with Crippen LogP contribution >= 0.6 is 0 Å². The summed E-state index contributed by atoms with van der Waals surface area (Å²) in [7, 11) is 0. The molecule has 2 fully saturated rings. The van der Waals surface area contributed by atoms with E-state index < -0.39 is 0 Å². The first kappa shape index (κ1) is 12.2. The molecule has 0 aromatic carbocycles. The lowest BCUT2D eigenvalue weighted by atomic mass is 9.82. The van der Waals surface area contributed by atoms with Crippen LogP contribution in [0, 0.1) is 11.8 Å². The van der Waals surface area contributed by atoms with Gasteiger partial charge in [0.25, 0.3) is 0 Å². The zero-order chi connectivity index (χ0) is 12.2. The van der Waals surface area contributed by atoms with Gasteiger partial charge in [-0.15, -0.1) is 0 Å².